The fourth-order valence-electron chi connectivity index (χ4n) is 2.47. The number of rotatable bonds is 7. The van der Waals surface area contributed by atoms with Crippen LogP contribution < -0.4 is 10.1 Å². The molecule has 28 heavy (non-hydrogen) atoms. The van der Waals surface area contributed by atoms with Crippen molar-refractivity contribution in [1.82, 2.24) is 20.0 Å². The van der Waals surface area contributed by atoms with Crippen molar-refractivity contribution in [2.45, 2.75) is 32.1 Å². The average molecular weight is 405 g/mol. The molecule has 1 atom stereocenters. The zero-order valence-corrected chi connectivity index (χ0v) is 16.7. The maximum absolute atomic E-state index is 12.9. The summed E-state index contributed by atoms with van der Waals surface area (Å²) >= 11 is 1.13. The highest BCUT2D eigenvalue weighted by molar-refractivity contribution is 7.99. The van der Waals surface area contributed by atoms with Gasteiger partial charge in [0.1, 0.15) is 11.6 Å². The van der Waals surface area contributed by atoms with Gasteiger partial charge in [-0.2, -0.15) is 5.10 Å². The van der Waals surface area contributed by atoms with Crippen LogP contribution in [-0.4, -0.2) is 31.6 Å². The van der Waals surface area contributed by atoms with E-state index in [1.54, 1.807) is 11.6 Å². The van der Waals surface area contributed by atoms with Gasteiger partial charge in [0.05, 0.1) is 22.8 Å². The van der Waals surface area contributed by atoms with E-state index >= 15 is 0 Å². The predicted octanol–water partition coefficient (Wildman–Crippen LogP) is 3.43. The number of nitrogens with zero attached hydrogens (tertiary/aromatic N) is 4. The molecule has 3 aromatic rings. The van der Waals surface area contributed by atoms with Gasteiger partial charge in [-0.3, -0.25) is 9.48 Å². The molecule has 0 radical (unpaired) electrons. The van der Waals surface area contributed by atoms with E-state index in [0.717, 1.165) is 23.1 Å². The smallest absolute Gasteiger partial charge is 0.277 e. The number of benzene rings is 1. The van der Waals surface area contributed by atoms with Crippen molar-refractivity contribution in [3.63, 3.8) is 0 Å². The molecule has 0 spiro atoms. The Labute approximate surface area is 165 Å². The van der Waals surface area contributed by atoms with Crippen LogP contribution in [0.2, 0.25) is 0 Å². The van der Waals surface area contributed by atoms with Crippen LogP contribution in [0.15, 0.2) is 33.9 Å². The Morgan fingerprint density at radius 1 is 1.32 bits per heavy atom. The molecule has 2 heterocycles. The molecule has 0 saturated carbocycles. The van der Waals surface area contributed by atoms with E-state index in [2.05, 4.69) is 20.6 Å². The van der Waals surface area contributed by atoms with Crippen LogP contribution in [-0.2, 0) is 11.8 Å². The van der Waals surface area contributed by atoms with E-state index in [4.69, 9.17) is 9.15 Å². The Hall–Kier alpha value is -2.88. The molecule has 1 amide bonds. The van der Waals surface area contributed by atoms with Gasteiger partial charge in [-0.15, -0.1) is 10.2 Å². The molecule has 0 saturated heterocycles. The van der Waals surface area contributed by atoms with Gasteiger partial charge in [0.25, 0.3) is 11.1 Å². The highest BCUT2D eigenvalue weighted by Gasteiger charge is 2.18. The lowest BCUT2D eigenvalue weighted by Crippen LogP contribution is -2.15. The van der Waals surface area contributed by atoms with Crippen LogP contribution in [0.3, 0.4) is 0 Å². The van der Waals surface area contributed by atoms with E-state index in [0.29, 0.717) is 11.4 Å². The number of carbonyl (C=O) groups is 1. The first kappa shape index (κ1) is 19.9. The van der Waals surface area contributed by atoms with Gasteiger partial charge in [0.2, 0.25) is 5.91 Å². The zero-order chi connectivity index (χ0) is 20.3. The number of thioether (sulfide) groups is 1. The maximum Gasteiger partial charge on any atom is 0.277 e. The van der Waals surface area contributed by atoms with Gasteiger partial charge in [0.15, 0.2) is 6.10 Å². The van der Waals surface area contributed by atoms with Gasteiger partial charge < -0.3 is 14.5 Å². The largest absolute Gasteiger partial charge is 0.481 e. The fourth-order valence-corrected chi connectivity index (χ4v) is 3.04. The summed E-state index contributed by atoms with van der Waals surface area (Å²) in [5, 5.41) is 15.2. The van der Waals surface area contributed by atoms with Crippen molar-refractivity contribution in [3.8, 4) is 5.75 Å². The highest BCUT2D eigenvalue weighted by Crippen LogP contribution is 2.25. The summed E-state index contributed by atoms with van der Waals surface area (Å²) in [4.78, 5) is 12.2. The van der Waals surface area contributed by atoms with Gasteiger partial charge >= 0.3 is 0 Å². The fraction of sp³-hybridized carbons (Fsp3) is 0.333. The lowest BCUT2D eigenvalue weighted by atomic mass is 10.3. The van der Waals surface area contributed by atoms with Crippen molar-refractivity contribution in [2.24, 2.45) is 7.05 Å². The predicted molar refractivity (Wildman–Crippen MR) is 102 cm³/mol. The molecule has 148 valence electrons. The van der Waals surface area contributed by atoms with Crippen molar-refractivity contribution in [1.29, 1.82) is 0 Å². The summed E-state index contributed by atoms with van der Waals surface area (Å²) in [7, 11) is 1.82. The number of halogens is 1. The molecule has 0 fully saturated rings. The van der Waals surface area contributed by atoms with Crippen LogP contribution >= 0.6 is 11.8 Å². The third-order valence-corrected chi connectivity index (χ3v) is 4.81. The molecular formula is C18H20FN5O3S. The van der Waals surface area contributed by atoms with Crippen molar-refractivity contribution in [3.05, 3.63) is 47.4 Å². The molecule has 0 aliphatic carbocycles. The average Bonchev–Trinajstić information content (AvgIpc) is 3.23. The highest BCUT2D eigenvalue weighted by atomic mass is 32.2. The van der Waals surface area contributed by atoms with E-state index in [1.165, 1.54) is 24.3 Å². The molecule has 1 aromatic carbocycles. The number of hydrogen-bond donors (Lipinski definition) is 1. The van der Waals surface area contributed by atoms with Crippen LogP contribution in [0.1, 0.15) is 30.3 Å². The second kappa shape index (κ2) is 8.42. The molecular weight excluding hydrogens is 385 g/mol. The van der Waals surface area contributed by atoms with Crippen LogP contribution in [0.4, 0.5) is 10.1 Å². The molecule has 10 heteroatoms. The molecule has 2 aromatic heterocycles. The van der Waals surface area contributed by atoms with Gasteiger partial charge in [-0.05, 0) is 45.0 Å². The van der Waals surface area contributed by atoms with E-state index < -0.39 is 6.10 Å². The monoisotopic (exact) mass is 405 g/mol. The van der Waals surface area contributed by atoms with Crippen molar-refractivity contribution in [2.75, 3.05) is 11.1 Å². The third-order valence-electron chi connectivity index (χ3n) is 4.00. The van der Waals surface area contributed by atoms with E-state index in [9.17, 15) is 9.18 Å². The SMILES string of the molecule is Cc1nn(C)c(C)c1NC(=O)CSc1nnc([C@H](C)Oc2ccc(F)cc2)o1. The Balaban J connectivity index is 1.54. The van der Waals surface area contributed by atoms with Gasteiger partial charge in [0, 0.05) is 7.05 Å². The lowest BCUT2D eigenvalue weighted by molar-refractivity contribution is -0.113. The van der Waals surface area contributed by atoms with E-state index in [-0.39, 0.29) is 28.6 Å². The van der Waals surface area contributed by atoms with Crippen LogP contribution in [0, 0.1) is 19.7 Å². The van der Waals surface area contributed by atoms with E-state index in [1.807, 2.05) is 20.9 Å². The molecule has 0 unspecified atom stereocenters. The first-order valence-corrected chi connectivity index (χ1v) is 9.50. The number of hydrogen-bond acceptors (Lipinski definition) is 7. The number of aryl methyl sites for hydroxylation is 2. The van der Waals surface area contributed by atoms with Crippen LogP contribution in [0.5, 0.6) is 5.75 Å². The standard InChI is InChI=1S/C18H20FN5O3S/c1-10-16(11(2)24(4)23-10)20-15(25)9-28-18-22-21-17(27-18)12(3)26-14-7-5-13(19)6-8-14/h5-8,12H,9H2,1-4H3,(H,20,25)/t12-/m0/s1. The summed E-state index contributed by atoms with van der Waals surface area (Å²) in [6.07, 6.45) is -0.512. The molecule has 3 rings (SSSR count). The Bertz CT molecular complexity index is 970. The van der Waals surface area contributed by atoms with Gasteiger partial charge in [-0.25, -0.2) is 4.39 Å². The second-order valence-electron chi connectivity index (χ2n) is 6.13. The number of ether oxygens (including phenoxy) is 1. The molecule has 0 bridgehead atoms. The molecule has 0 aliphatic rings. The quantitative estimate of drug-likeness (QED) is 0.602. The second-order valence-corrected chi connectivity index (χ2v) is 7.05. The first-order valence-electron chi connectivity index (χ1n) is 8.52. The molecule has 8 nitrogen and oxygen atoms in total. The summed E-state index contributed by atoms with van der Waals surface area (Å²) < 4.78 is 25.8. The number of carbonyl (C=O) groups excluding carboxylic acids is 1. The Morgan fingerprint density at radius 2 is 2.04 bits per heavy atom. The van der Waals surface area contributed by atoms with Crippen molar-refractivity contribution < 1.29 is 18.3 Å². The normalized spacial score (nSPS) is 12.0. The maximum atomic E-state index is 12.9. The number of nitrogens with one attached hydrogen (secondary N) is 1. The number of amides is 1. The Morgan fingerprint density at radius 3 is 2.68 bits per heavy atom. The number of anilines is 1. The minimum absolute atomic E-state index is 0.114. The zero-order valence-electron chi connectivity index (χ0n) is 15.9. The van der Waals surface area contributed by atoms with Crippen molar-refractivity contribution >= 4 is 23.4 Å². The molecule has 1 N–H and O–H groups in total. The number of aromatic nitrogens is 4. The third kappa shape index (κ3) is 4.69. The summed E-state index contributed by atoms with van der Waals surface area (Å²) in [5.74, 6) is 0.336. The summed E-state index contributed by atoms with van der Waals surface area (Å²) in [6, 6.07) is 5.65. The topological polar surface area (TPSA) is 95.1 Å². The summed E-state index contributed by atoms with van der Waals surface area (Å²) in [5.41, 5.74) is 2.34. The van der Waals surface area contributed by atoms with Gasteiger partial charge in [-0.1, -0.05) is 11.8 Å². The Kier molecular flexibility index (Phi) is 5.98. The van der Waals surface area contributed by atoms with Crippen LogP contribution in [0.25, 0.3) is 0 Å². The minimum atomic E-state index is -0.512. The minimum Gasteiger partial charge on any atom is -0.481 e. The lowest BCUT2D eigenvalue weighted by Gasteiger charge is -2.10. The first-order chi connectivity index (χ1) is 13.3. The molecule has 0 aliphatic heterocycles. The summed E-state index contributed by atoms with van der Waals surface area (Å²) in [6.45, 7) is 5.46.